The maximum atomic E-state index is 12.8. The molecule has 3 fully saturated rings. The van der Waals surface area contributed by atoms with Gasteiger partial charge in [-0.3, -0.25) is 4.79 Å². The number of allylic oxidation sites excluding steroid dienone is 1. The van der Waals surface area contributed by atoms with Gasteiger partial charge >= 0.3 is 11.9 Å². The largest absolute Gasteiger partial charge is 0.462 e. The van der Waals surface area contributed by atoms with Gasteiger partial charge in [0, 0.05) is 29.7 Å². The van der Waals surface area contributed by atoms with Crippen molar-refractivity contribution in [3.8, 4) is 0 Å². The zero-order valence-corrected chi connectivity index (χ0v) is 20.5. The van der Waals surface area contributed by atoms with Crippen LogP contribution in [0.1, 0.15) is 91.4 Å². The summed E-state index contributed by atoms with van der Waals surface area (Å²) in [5.41, 5.74) is -0.679. The van der Waals surface area contributed by atoms with E-state index < -0.39 is 11.0 Å². The summed E-state index contributed by atoms with van der Waals surface area (Å²) in [4.78, 5) is 23.9. The zero-order valence-electron chi connectivity index (χ0n) is 20.5. The van der Waals surface area contributed by atoms with Crippen LogP contribution in [0.3, 0.4) is 0 Å². The summed E-state index contributed by atoms with van der Waals surface area (Å²) in [6.45, 7) is 6.47. The molecule has 5 aliphatic rings. The first-order valence-electron chi connectivity index (χ1n) is 13.1. The van der Waals surface area contributed by atoms with Gasteiger partial charge in [-0.1, -0.05) is 45.3 Å². The normalized spacial score (nSPS) is 44.8. The quantitative estimate of drug-likeness (QED) is 0.451. The standard InChI is InChI=1S/C28H40O5/c1-19(29)33-22-17-25(2)11-6-13-27(28(25,31)15-10-20-16-23(30)32-18-20)14-7-12-26(3,24(22)27)21-8-4-5-9-21/h6,11,16,21-22,24,31H,4-5,7-10,12-15,17-18H2,1-3H3/t22-,24+,25+,26+,27+,28-/m1/s1. The molecule has 1 aliphatic heterocycles. The van der Waals surface area contributed by atoms with Crippen LogP contribution in [0.5, 0.6) is 0 Å². The molecule has 1 N–H and O–H groups in total. The molecule has 5 nitrogen and oxygen atoms in total. The SMILES string of the molecule is CC(=O)O[C@@H]1C[C@]2(C)C=CC[C@@]3(CCC[C@@](C)(C4CCCC4)[C@H]13)[C@@]2(O)CCC1=CC(=O)OC1. The molecule has 3 saturated carbocycles. The molecule has 0 aromatic rings. The van der Waals surface area contributed by atoms with E-state index in [9.17, 15) is 14.7 Å². The van der Waals surface area contributed by atoms with Crippen LogP contribution in [0.25, 0.3) is 0 Å². The molecular weight excluding hydrogens is 416 g/mol. The third kappa shape index (κ3) is 3.36. The monoisotopic (exact) mass is 456 g/mol. The van der Waals surface area contributed by atoms with Crippen molar-refractivity contribution in [2.75, 3.05) is 6.61 Å². The van der Waals surface area contributed by atoms with E-state index in [0.29, 0.717) is 31.8 Å². The first-order valence-corrected chi connectivity index (χ1v) is 13.1. The van der Waals surface area contributed by atoms with Gasteiger partial charge in [0.2, 0.25) is 0 Å². The molecule has 0 aromatic carbocycles. The Hall–Kier alpha value is -1.62. The van der Waals surface area contributed by atoms with Gasteiger partial charge in [-0.25, -0.2) is 4.79 Å². The molecule has 0 saturated heterocycles. The van der Waals surface area contributed by atoms with Gasteiger partial charge in [0.15, 0.2) is 0 Å². The Kier molecular flexibility index (Phi) is 5.58. The van der Waals surface area contributed by atoms with Gasteiger partial charge in [-0.05, 0) is 68.3 Å². The number of carbonyl (C=O) groups excluding carboxylic acids is 2. The molecule has 6 atom stereocenters. The predicted molar refractivity (Wildman–Crippen MR) is 125 cm³/mol. The highest BCUT2D eigenvalue weighted by Crippen LogP contribution is 2.73. The van der Waals surface area contributed by atoms with Crippen molar-refractivity contribution >= 4 is 11.9 Å². The van der Waals surface area contributed by atoms with Crippen molar-refractivity contribution in [1.82, 2.24) is 0 Å². The molecule has 5 rings (SSSR count). The van der Waals surface area contributed by atoms with E-state index in [1.807, 2.05) is 0 Å². The molecule has 182 valence electrons. The summed E-state index contributed by atoms with van der Waals surface area (Å²) >= 11 is 0. The van der Waals surface area contributed by atoms with E-state index in [0.717, 1.165) is 31.3 Å². The van der Waals surface area contributed by atoms with Crippen molar-refractivity contribution in [3.63, 3.8) is 0 Å². The van der Waals surface area contributed by atoms with Crippen LogP contribution >= 0.6 is 0 Å². The van der Waals surface area contributed by atoms with E-state index >= 15 is 0 Å². The molecule has 0 unspecified atom stereocenters. The first-order chi connectivity index (χ1) is 15.6. The lowest BCUT2D eigenvalue weighted by Gasteiger charge is -2.71. The van der Waals surface area contributed by atoms with Gasteiger partial charge < -0.3 is 14.6 Å². The molecule has 2 bridgehead atoms. The number of esters is 2. The Labute approximate surface area is 198 Å². The highest BCUT2D eigenvalue weighted by Gasteiger charge is 2.73. The van der Waals surface area contributed by atoms with Gasteiger partial charge in [0.25, 0.3) is 0 Å². The highest BCUT2D eigenvalue weighted by molar-refractivity contribution is 5.85. The van der Waals surface area contributed by atoms with Crippen LogP contribution in [-0.2, 0) is 19.1 Å². The van der Waals surface area contributed by atoms with Crippen LogP contribution in [-0.4, -0.2) is 35.4 Å². The lowest BCUT2D eigenvalue weighted by Crippen LogP contribution is -2.73. The number of rotatable bonds is 5. The van der Waals surface area contributed by atoms with Crippen molar-refractivity contribution in [2.24, 2.45) is 28.1 Å². The molecule has 33 heavy (non-hydrogen) atoms. The molecule has 0 aromatic heterocycles. The minimum Gasteiger partial charge on any atom is -0.462 e. The molecule has 1 heterocycles. The molecular formula is C28H40O5. The van der Waals surface area contributed by atoms with Crippen LogP contribution < -0.4 is 0 Å². The highest BCUT2D eigenvalue weighted by atomic mass is 16.5. The molecule has 0 amide bonds. The average Bonchev–Trinajstić information content (AvgIpc) is 3.41. The zero-order chi connectivity index (χ0) is 23.5. The summed E-state index contributed by atoms with van der Waals surface area (Å²) in [5.74, 6) is 0.284. The Morgan fingerprint density at radius 3 is 2.64 bits per heavy atom. The van der Waals surface area contributed by atoms with Crippen molar-refractivity contribution in [3.05, 3.63) is 23.8 Å². The maximum absolute atomic E-state index is 12.8. The topological polar surface area (TPSA) is 72.8 Å². The van der Waals surface area contributed by atoms with Crippen LogP contribution in [0.2, 0.25) is 0 Å². The fraction of sp³-hybridized carbons (Fsp3) is 0.786. The van der Waals surface area contributed by atoms with E-state index in [2.05, 4.69) is 26.0 Å². The summed E-state index contributed by atoms with van der Waals surface area (Å²) < 4.78 is 11.3. The Morgan fingerprint density at radius 2 is 1.97 bits per heavy atom. The van der Waals surface area contributed by atoms with Gasteiger partial charge in [0.1, 0.15) is 12.7 Å². The molecule has 1 spiro atoms. The van der Waals surface area contributed by atoms with E-state index in [4.69, 9.17) is 9.47 Å². The Balaban J connectivity index is 1.59. The smallest absolute Gasteiger partial charge is 0.331 e. The summed E-state index contributed by atoms with van der Waals surface area (Å²) in [7, 11) is 0. The van der Waals surface area contributed by atoms with Gasteiger partial charge in [0.05, 0.1) is 5.60 Å². The fourth-order valence-electron chi connectivity index (χ4n) is 9.18. The minimum atomic E-state index is -0.914. The van der Waals surface area contributed by atoms with Crippen LogP contribution in [0.4, 0.5) is 0 Å². The van der Waals surface area contributed by atoms with E-state index in [1.165, 1.54) is 32.6 Å². The second kappa shape index (κ2) is 7.96. The number of aliphatic hydroxyl groups is 1. The first kappa shape index (κ1) is 23.1. The van der Waals surface area contributed by atoms with Crippen molar-refractivity contribution < 1.29 is 24.2 Å². The number of hydrogen-bond acceptors (Lipinski definition) is 5. The minimum absolute atomic E-state index is 0.0566. The number of cyclic esters (lactones) is 1. The number of ether oxygens (including phenoxy) is 2. The van der Waals surface area contributed by atoms with Crippen LogP contribution in [0.15, 0.2) is 23.8 Å². The summed E-state index contributed by atoms with van der Waals surface area (Å²) in [5, 5.41) is 12.8. The second-order valence-electron chi connectivity index (χ2n) is 12.1. The maximum Gasteiger partial charge on any atom is 0.331 e. The van der Waals surface area contributed by atoms with Gasteiger partial charge in [-0.15, -0.1) is 0 Å². The molecule has 4 aliphatic carbocycles. The third-order valence-electron chi connectivity index (χ3n) is 10.5. The number of carbonyl (C=O) groups is 2. The molecule has 0 radical (unpaired) electrons. The average molecular weight is 457 g/mol. The fourth-order valence-corrected chi connectivity index (χ4v) is 9.18. The Bertz CT molecular complexity index is 885. The second-order valence-corrected chi connectivity index (χ2v) is 12.1. The summed E-state index contributed by atoms with van der Waals surface area (Å²) in [6, 6.07) is 0. The summed E-state index contributed by atoms with van der Waals surface area (Å²) in [6.07, 6.45) is 16.9. The van der Waals surface area contributed by atoms with Crippen molar-refractivity contribution in [1.29, 1.82) is 0 Å². The van der Waals surface area contributed by atoms with E-state index in [1.54, 1.807) is 6.08 Å². The lowest BCUT2D eigenvalue weighted by atomic mass is 9.35. The van der Waals surface area contributed by atoms with Crippen LogP contribution in [0, 0.1) is 28.1 Å². The number of fused-ring (bicyclic) bond motifs is 1. The third-order valence-corrected chi connectivity index (χ3v) is 10.5. The Morgan fingerprint density at radius 1 is 1.21 bits per heavy atom. The van der Waals surface area contributed by atoms with E-state index in [-0.39, 0.29) is 34.8 Å². The molecule has 5 heteroatoms. The number of hydrogen-bond donors (Lipinski definition) is 1. The van der Waals surface area contributed by atoms with Gasteiger partial charge in [-0.2, -0.15) is 0 Å². The van der Waals surface area contributed by atoms with Crippen molar-refractivity contribution in [2.45, 2.75) is 103 Å². The lowest BCUT2D eigenvalue weighted by molar-refractivity contribution is -0.287. The predicted octanol–water partition coefficient (Wildman–Crippen LogP) is 5.27.